The smallest absolute Gasteiger partial charge is 0.259 e. The van der Waals surface area contributed by atoms with E-state index < -0.39 is 17.6 Å². The van der Waals surface area contributed by atoms with Crippen molar-refractivity contribution in [1.29, 1.82) is 0 Å². The number of carbonyl (C=O) groups is 3. The van der Waals surface area contributed by atoms with Gasteiger partial charge in [0, 0.05) is 44.3 Å². The molecule has 2 heterocycles. The number of aromatic hydroxyl groups is 2. The summed E-state index contributed by atoms with van der Waals surface area (Å²) in [7, 11) is 0. The van der Waals surface area contributed by atoms with E-state index in [2.05, 4.69) is 21.4 Å². The van der Waals surface area contributed by atoms with Gasteiger partial charge in [0.15, 0.2) is 0 Å². The molecule has 10 rings (SSSR count). The van der Waals surface area contributed by atoms with E-state index >= 15 is 0 Å². The molecular weight excluding hydrogens is 833 g/mol. The maximum absolute atomic E-state index is 14.5. The van der Waals surface area contributed by atoms with Gasteiger partial charge in [-0.05, 0) is 105 Å². The molecule has 0 saturated heterocycles. The monoisotopic (exact) mass is 872 g/mol. The van der Waals surface area contributed by atoms with Crippen molar-refractivity contribution >= 4 is 72.2 Å². The van der Waals surface area contributed by atoms with E-state index in [9.17, 15) is 24.6 Å². The zero-order chi connectivity index (χ0) is 45.1. The molecule has 12 nitrogen and oxygen atoms in total. The van der Waals surface area contributed by atoms with Gasteiger partial charge in [-0.2, -0.15) is 0 Å². The second-order valence-electron chi connectivity index (χ2n) is 15.7. The molecule has 0 aliphatic carbocycles. The van der Waals surface area contributed by atoms with Gasteiger partial charge in [-0.1, -0.05) is 84.9 Å². The van der Waals surface area contributed by atoms with Crippen molar-refractivity contribution in [2.24, 2.45) is 0 Å². The number of fused-ring (bicyclic) bond motifs is 4. The fourth-order valence-electron chi connectivity index (χ4n) is 8.32. The van der Waals surface area contributed by atoms with Crippen LogP contribution in [0.2, 0.25) is 0 Å². The van der Waals surface area contributed by atoms with Crippen molar-refractivity contribution in [1.82, 2.24) is 10.6 Å². The highest BCUT2D eigenvalue weighted by molar-refractivity contribution is 6.18. The lowest BCUT2D eigenvalue weighted by molar-refractivity contribution is 0.0940. The lowest BCUT2D eigenvalue weighted by atomic mass is 9.87. The summed E-state index contributed by atoms with van der Waals surface area (Å²) in [6.07, 6.45) is 3.06. The first-order valence-corrected chi connectivity index (χ1v) is 21.1. The predicted octanol–water partition coefficient (Wildman–Crippen LogP) is 11.2. The molecule has 3 amide bonds. The molecule has 66 heavy (non-hydrogen) atoms. The highest BCUT2D eigenvalue weighted by Crippen LogP contribution is 2.48. The number of amides is 3. The summed E-state index contributed by atoms with van der Waals surface area (Å²) in [5.41, 5.74) is 5.38. The van der Waals surface area contributed by atoms with Crippen LogP contribution in [0.3, 0.4) is 0 Å². The Morgan fingerprint density at radius 1 is 0.485 bits per heavy atom. The van der Waals surface area contributed by atoms with Gasteiger partial charge in [-0.3, -0.25) is 24.7 Å². The van der Waals surface area contributed by atoms with Gasteiger partial charge in [0.1, 0.15) is 29.6 Å². The van der Waals surface area contributed by atoms with E-state index in [1.54, 1.807) is 72.8 Å². The zero-order valence-electron chi connectivity index (χ0n) is 35.1. The molecule has 324 valence electrons. The van der Waals surface area contributed by atoms with Crippen molar-refractivity contribution < 1.29 is 38.3 Å². The first-order valence-electron chi connectivity index (χ1n) is 21.1. The second kappa shape index (κ2) is 17.7. The van der Waals surface area contributed by atoms with Crippen LogP contribution in [0.25, 0.3) is 54.2 Å². The number of phenols is 2. The van der Waals surface area contributed by atoms with Crippen LogP contribution >= 0.6 is 0 Å². The van der Waals surface area contributed by atoms with Gasteiger partial charge in [-0.25, -0.2) is 0 Å². The lowest BCUT2D eigenvalue weighted by Gasteiger charge is -2.20. The summed E-state index contributed by atoms with van der Waals surface area (Å²) in [6, 6.07) is 46.9. The van der Waals surface area contributed by atoms with Gasteiger partial charge in [0.2, 0.25) is 0 Å². The summed E-state index contributed by atoms with van der Waals surface area (Å²) in [5.74, 6) is -0.886. The van der Waals surface area contributed by atoms with Crippen LogP contribution in [0, 0.1) is 0 Å². The van der Waals surface area contributed by atoms with E-state index in [1.165, 1.54) is 18.6 Å². The van der Waals surface area contributed by atoms with Crippen molar-refractivity contribution in [3.63, 3.8) is 0 Å². The second-order valence-corrected chi connectivity index (χ2v) is 15.7. The molecule has 12 heteroatoms. The fourth-order valence-corrected chi connectivity index (χ4v) is 8.32. The zero-order valence-corrected chi connectivity index (χ0v) is 35.1. The SMILES string of the molecule is O=C(NCc1ccco1)c1ccc2c(-c3c(O)c(C(=O)Nc4cccc5ccccc45)cc4cc(C(=O)NCc5ccco5)ccc34)c(O)c(CONc3cccc4ccccc34)cc2c1. The molecule has 0 aliphatic heterocycles. The largest absolute Gasteiger partial charge is 0.507 e. The molecule has 0 bridgehead atoms. The quantitative estimate of drug-likeness (QED) is 0.0616. The third-order valence-electron chi connectivity index (χ3n) is 11.6. The number of rotatable bonds is 13. The standard InChI is InChI=1S/C54H40N4O8/c59-50-38(31-66-58-47-18-6-12-33-10-2-4-16-42(33)47)27-36-25-34(52(61)55-29-39-13-7-23-64-39)19-21-43(36)48(50)49-44-22-20-35(53(62)56-30-40-14-8-24-65-40)26-37(44)28-45(51(49)60)54(63)57-46-17-5-11-32-9-1-3-15-41(32)46/h1-28,58-60H,29-31H2,(H,55,61)(H,56,62)(H,57,63). The van der Waals surface area contributed by atoms with Crippen LogP contribution < -0.4 is 21.4 Å². The van der Waals surface area contributed by atoms with Crippen LogP contribution in [-0.4, -0.2) is 27.9 Å². The number of anilines is 2. The Hall–Kier alpha value is -8.87. The van der Waals surface area contributed by atoms with Crippen molar-refractivity contribution in [3.05, 3.63) is 204 Å². The van der Waals surface area contributed by atoms with Crippen molar-refractivity contribution in [2.45, 2.75) is 19.7 Å². The Balaban J connectivity index is 1.11. The summed E-state index contributed by atoms with van der Waals surface area (Å²) in [6.45, 7) is 0.156. The Labute approximate surface area is 377 Å². The van der Waals surface area contributed by atoms with Gasteiger partial charge >= 0.3 is 0 Å². The molecule has 2 aromatic heterocycles. The van der Waals surface area contributed by atoms with Crippen LogP contribution in [-0.2, 0) is 24.5 Å². The fraction of sp³-hybridized carbons (Fsp3) is 0.0556. The Morgan fingerprint density at radius 2 is 1.02 bits per heavy atom. The molecule has 0 radical (unpaired) electrons. The minimum atomic E-state index is -0.627. The summed E-state index contributed by atoms with van der Waals surface area (Å²) >= 11 is 0. The van der Waals surface area contributed by atoms with E-state index in [0.717, 1.165) is 21.5 Å². The first-order chi connectivity index (χ1) is 32.3. The van der Waals surface area contributed by atoms with Crippen LogP contribution in [0.5, 0.6) is 11.5 Å². The van der Waals surface area contributed by atoms with Crippen LogP contribution in [0.4, 0.5) is 11.4 Å². The van der Waals surface area contributed by atoms with Gasteiger partial charge in [0.05, 0.1) is 36.9 Å². The number of phenolic OH excluding ortho intramolecular Hbond substituents is 2. The molecule has 8 aromatic carbocycles. The highest BCUT2D eigenvalue weighted by Gasteiger charge is 2.26. The number of furan rings is 2. The van der Waals surface area contributed by atoms with Crippen LogP contribution in [0.15, 0.2) is 179 Å². The predicted molar refractivity (Wildman–Crippen MR) is 254 cm³/mol. The highest BCUT2D eigenvalue weighted by atomic mass is 16.6. The molecule has 0 fully saturated rings. The molecule has 0 saturated carbocycles. The molecule has 6 N–H and O–H groups in total. The number of hydrogen-bond acceptors (Lipinski definition) is 9. The number of carbonyl (C=O) groups excluding carboxylic acids is 3. The average molecular weight is 873 g/mol. The average Bonchev–Trinajstić information content (AvgIpc) is 4.08. The first kappa shape index (κ1) is 41.2. The minimum Gasteiger partial charge on any atom is -0.507 e. The third kappa shape index (κ3) is 8.11. The van der Waals surface area contributed by atoms with E-state index in [-0.39, 0.29) is 53.6 Å². The lowest BCUT2D eigenvalue weighted by Crippen LogP contribution is -2.22. The molecule has 0 spiro atoms. The Morgan fingerprint density at radius 3 is 1.61 bits per heavy atom. The molecule has 0 aliphatic rings. The van der Waals surface area contributed by atoms with Crippen molar-refractivity contribution in [3.8, 4) is 22.6 Å². The maximum atomic E-state index is 14.5. The summed E-state index contributed by atoms with van der Waals surface area (Å²) < 4.78 is 10.8. The van der Waals surface area contributed by atoms with Crippen molar-refractivity contribution in [2.75, 3.05) is 10.8 Å². The molecule has 0 atom stereocenters. The number of benzene rings is 8. The Kier molecular flexibility index (Phi) is 11.0. The van der Waals surface area contributed by atoms with E-state index in [1.807, 2.05) is 78.9 Å². The van der Waals surface area contributed by atoms with Gasteiger partial charge in [0.25, 0.3) is 17.7 Å². The minimum absolute atomic E-state index is 0.112. The normalized spacial score (nSPS) is 11.3. The van der Waals surface area contributed by atoms with Crippen LogP contribution in [0.1, 0.15) is 48.2 Å². The third-order valence-corrected chi connectivity index (χ3v) is 11.6. The Bertz CT molecular complexity index is 3460. The summed E-state index contributed by atoms with van der Waals surface area (Å²) in [4.78, 5) is 47.7. The van der Waals surface area contributed by atoms with E-state index in [4.69, 9.17) is 13.7 Å². The summed E-state index contributed by atoms with van der Waals surface area (Å²) in [5, 5.41) is 39.2. The number of hydrogen-bond donors (Lipinski definition) is 6. The van der Waals surface area contributed by atoms with E-state index in [0.29, 0.717) is 55.6 Å². The molecular formula is C54H40N4O8. The number of nitrogens with one attached hydrogen (secondary N) is 4. The maximum Gasteiger partial charge on any atom is 0.259 e. The molecule has 10 aromatic rings. The molecule has 0 unspecified atom stereocenters. The topological polar surface area (TPSA) is 175 Å². The van der Waals surface area contributed by atoms with Gasteiger partial charge < -0.3 is 35.0 Å². The van der Waals surface area contributed by atoms with Gasteiger partial charge in [-0.15, -0.1) is 0 Å².